The molecule has 1 aliphatic carbocycles. The number of anilines is 2. The number of nitrogens with one attached hydrogen (secondary N) is 1. The van der Waals surface area contributed by atoms with E-state index in [-0.39, 0.29) is 5.28 Å². The first kappa shape index (κ1) is 17.0. The first-order valence-corrected chi connectivity index (χ1v) is 9.80. The van der Waals surface area contributed by atoms with Crippen LogP contribution in [0.1, 0.15) is 12.8 Å². The Morgan fingerprint density at radius 1 is 1.15 bits per heavy atom. The highest BCUT2D eigenvalue weighted by Crippen LogP contribution is 2.42. The fraction of sp³-hybridized carbons (Fsp3) is 0.444. The molecule has 2 aliphatic rings. The summed E-state index contributed by atoms with van der Waals surface area (Å²) in [6.45, 7) is 1.95. The Hall–Kier alpha value is -2.12. The van der Waals surface area contributed by atoms with Crippen LogP contribution in [0.3, 0.4) is 0 Å². The summed E-state index contributed by atoms with van der Waals surface area (Å²) in [6.07, 6.45) is 5.82. The molecule has 3 aromatic heterocycles. The molecule has 7 nitrogen and oxygen atoms in total. The van der Waals surface area contributed by atoms with Crippen molar-refractivity contribution < 1.29 is 0 Å². The maximum absolute atomic E-state index is 6.04. The van der Waals surface area contributed by atoms with Crippen LogP contribution in [-0.2, 0) is 0 Å². The molecule has 27 heavy (non-hydrogen) atoms. The minimum absolute atomic E-state index is 0.200. The molecular formula is C18H19Cl2N7. The Kier molecular flexibility index (Phi) is 4.09. The first-order chi connectivity index (χ1) is 13.1. The van der Waals surface area contributed by atoms with Crippen LogP contribution < -0.4 is 9.80 Å². The smallest absolute Gasteiger partial charge is 0.225 e. The number of fused-ring (bicyclic) bond motifs is 2. The van der Waals surface area contributed by atoms with Gasteiger partial charge in [-0.3, -0.25) is 0 Å². The van der Waals surface area contributed by atoms with Crippen molar-refractivity contribution in [2.75, 3.05) is 29.9 Å². The third-order valence-corrected chi connectivity index (χ3v) is 6.28. The number of aromatic nitrogens is 5. The fourth-order valence-corrected chi connectivity index (χ4v) is 5.02. The highest BCUT2D eigenvalue weighted by Gasteiger charge is 2.43. The van der Waals surface area contributed by atoms with Gasteiger partial charge in [-0.1, -0.05) is 11.6 Å². The van der Waals surface area contributed by atoms with Crippen molar-refractivity contribution >= 4 is 45.9 Å². The lowest BCUT2D eigenvalue weighted by Crippen LogP contribution is -2.33. The van der Waals surface area contributed by atoms with Crippen molar-refractivity contribution in [1.82, 2.24) is 24.9 Å². The van der Waals surface area contributed by atoms with Crippen LogP contribution in [-0.4, -0.2) is 51.1 Å². The number of rotatable bonds is 3. The Balaban J connectivity index is 1.31. The molecule has 3 aromatic rings. The topological polar surface area (TPSA) is 73.8 Å². The molecule has 4 heterocycles. The maximum atomic E-state index is 6.04. The standard InChI is InChI=1S/C18H19Cl2N7/c1-26(17-13-2-3-21-16(13)22-9-23-17)12-4-10-7-27(8-11(10)5-12)15-6-14(19)24-18(20)25-15/h2-3,6,9-12H,4-5,7-8H2,1H3,(H,21,22,23)/t10-,11?,12?/m0/s1. The van der Waals surface area contributed by atoms with Gasteiger partial charge < -0.3 is 14.8 Å². The molecule has 2 fully saturated rings. The molecule has 0 radical (unpaired) electrons. The molecule has 0 amide bonds. The number of aromatic amines is 1. The minimum Gasteiger partial charge on any atom is -0.356 e. The molecule has 1 saturated heterocycles. The largest absolute Gasteiger partial charge is 0.356 e. The Morgan fingerprint density at radius 2 is 1.93 bits per heavy atom. The number of hydrogen-bond acceptors (Lipinski definition) is 6. The Morgan fingerprint density at radius 3 is 2.67 bits per heavy atom. The Labute approximate surface area is 166 Å². The molecule has 1 saturated carbocycles. The normalized spacial score (nSPS) is 24.6. The summed E-state index contributed by atoms with van der Waals surface area (Å²) in [5.41, 5.74) is 0.883. The van der Waals surface area contributed by atoms with E-state index in [1.54, 1.807) is 12.4 Å². The SMILES string of the molecule is CN(c1ncnc2[nH]ccc12)C1CC2CN(c3cc(Cl)nc(Cl)n3)C[C@@H]2C1. The molecule has 140 valence electrons. The van der Waals surface area contributed by atoms with Gasteiger partial charge in [-0.05, 0) is 42.3 Å². The van der Waals surface area contributed by atoms with Gasteiger partial charge in [-0.25, -0.2) is 19.9 Å². The van der Waals surface area contributed by atoms with Gasteiger partial charge in [0.25, 0.3) is 0 Å². The summed E-state index contributed by atoms with van der Waals surface area (Å²) in [6, 6.07) is 4.32. The number of H-pyrrole nitrogens is 1. The number of halogens is 2. The van der Waals surface area contributed by atoms with E-state index in [1.807, 2.05) is 12.3 Å². The average molecular weight is 404 g/mol. The van der Waals surface area contributed by atoms with Crippen molar-refractivity contribution in [2.24, 2.45) is 11.8 Å². The number of nitrogens with zero attached hydrogens (tertiary/aromatic N) is 6. The van der Waals surface area contributed by atoms with Crippen LogP contribution in [0.5, 0.6) is 0 Å². The molecular weight excluding hydrogens is 385 g/mol. The van der Waals surface area contributed by atoms with Crippen molar-refractivity contribution in [3.8, 4) is 0 Å². The van der Waals surface area contributed by atoms with Gasteiger partial charge in [0.05, 0.1) is 5.39 Å². The van der Waals surface area contributed by atoms with Gasteiger partial charge in [0.15, 0.2) is 0 Å². The first-order valence-electron chi connectivity index (χ1n) is 9.04. The van der Waals surface area contributed by atoms with Crippen LogP contribution in [0.2, 0.25) is 10.4 Å². The second-order valence-electron chi connectivity index (χ2n) is 7.42. The van der Waals surface area contributed by atoms with E-state index in [0.29, 0.717) is 23.0 Å². The molecule has 1 aliphatic heterocycles. The second-order valence-corrected chi connectivity index (χ2v) is 8.14. The predicted octanol–water partition coefficient (Wildman–Crippen LogP) is 3.41. The summed E-state index contributed by atoms with van der Waals surface area (Å²) in [4.78, 5) is 24.9. The van der Waals surface area contributed by atoms with Crippen molar-refractivity contribution in [2.45, 2.75) is 18.9 Å². The average Bonchev–Trinajstić information content (AvgIpc) is 3.33. The maximum Gasteiger partial charge on any atom is 0.225 e. The van der Waals surface area contributed by atoms with E-state index in [4.69, 9.17) is 23.2 Å². The number of hydrogen-bond donors (Lipinski definition) is 1. The summed E-state index contributed by atoms with van der Waals surface area (Å²) >= 11 is 12.0. The van der Waals surface area contributed by atoms with Crippen molar-refractivity contribution in [3.05, 3.63) is 35.1 Å². The van der Waals surface area contributed by atoms with Gasteiger partial charge in [0.2, 0.25) is 5.28 Å². The van der Waals surface area contributed by atoms with E-state index in [2.05, 4.69) is 41.8 Å². The van der Waals surface area contributed by atoms with Crippen LogP contribution in [0, 0.1) is 11.8 Å². The van der Waals surface area contributed by atoms with Crippen LogP contribution >= 0.6 is 23.2 Å². The highest BCUT2D eigenvalue weighted by molar-refractivity contribution is 6.32. The molecule has 5 rings (SSSR count). The van der Waals surface area contributed by atoms with E-state index >= 15 is 0 Å². The minimum atomic E-state index is 0.200. The lowest BCUT2D eigenvalue weighted by molar-refractivity contribution is 0.494. The molecule has 0 spiro atoms. The lowest BCUT2D eigenvalue weighted by Gasteiger charge is -2.28. The lowest BCUT2D eigenvalue weighted by atomic mass is 10.0. The second kappa shape index (κ2) is 6.49. The molecule has 3 atom stereocenters. The van der Waals surface area contributed by atoms with Crippen LogP contribution in [0.15, 0.2) is 24.7 Å². The van der Waals surface area contributed by atoms with Crippen LogP contribution in [0.4, 0.5) is 11.6 Å². The summed E-state index contributed by atoms with van der Waals surface area (Å²) in [5, 5.41) is 1.66. The van der Waals surface area contributed by atoms with E-state index < -0.39 is 0 Å². The van der Waals surface area contributed by atoms with Gasteiger partial charge in [0.1, 0.15) is 28.8 Å². The van der Waals surface area contributed by atoms with Gasteiger partial charge in [-0.2, -0.15) is 0 Å². The zero-order chi connectivity index (χ0) is 18.5. The Bertz CT molecular complexity index is 957. The van der Waals surface area contributed by atoms with Gasteiger partial charge in [-0.15, -0.1) is 0 Å². The predicted molar refractivity (Wildman–Crippen MR) is 107 cm³/mol. The third kappa shape index (κ3) is 2.99. The summed E-state index contributed by atoms with van der Waals surface area (Å²) < 4.78 is 0. The van der Waals surface area contributed by atoms with E-state index in [1.165, 1.54) is 0 Å². The summed E-state index contributed by atoms with van der Waals surface area (Å²) in [5.74, 6) is 3.09. The quantitative estimate of drug-likeness (QED) is 0.533. The van der Waals surface area contributed by atoms with Gasteiger partial charge in [0, 0.05) is 38.4 Å². The van der Waals surface area contributed by atoms with Crippen molar-refractivity contribution in [1.29, 1.82) is 0 Å². The molecule has 0 aromatic carbocycles. The zero-order valence-corrected chi connectivity index (χ0v) is 16.3. The van der Waals surface area contributed by atoms with E-state index in [9.17, 15) is 0 Å². The molecule has 9 heteroatoms. The van der Waals surface area contributed by atoms with Crippen LogP contribution in [0.25, 0.3) is 11.0 Å². The van der Waals surface area contributed by atoms with Gasteiger partial charge >= 0.3 is 0 Å². The monoisotopic (exact) mass is 403 g/mol. The zero-order valence-electron chi connectivity index (χ0n) is 14.8. The third-order valence-electron chi connectivity index (χ3n) is 5.92. The summed E-state index contributed by atoms with van der Waals surface area (Å²) in [7, 11) is 2.14. The highest BCUT2D eigenvalue weighted by atomic mass is 35.5. The fourth-order valence-electron chi connectivity index (χ4n) is 4.62. The molecule has 2 unspecified atom stereocenters. The van der Waals surface area contributed by atoms with E-state index in [0.717, 1.165) is 48.6 Å². The molecule has 0 bridgehead atoms. The van der Waals surface area contributed by atoms with Crippen molar-refractivity contribution in [3.63, 3.8) is 0 Å². The molecule has 1 N–H and O–H groups in total.